The molecule has 44 valence electrons. The van der Waals surface area contributed by atoms with Gasteiger partial charge in [-0.1, -0.05) is 0 Å². The summed E-state index contributed by atoms with van der Waals surface area (Å²) in [4.78, 5) is 29.3. The molecule has 0 aromatic carbocycles. The van der Waals surface area contributed by atoms with Gasteiger partial charge < -0.3 is 19.2 Å². The van der Waals surface area contributed by atoms with Crippen molar-refractivity contribution < 1.29 is 19.2 Å². The zero-order chi connectivity index (χ0) is 4.50. The summed E-state index contributed by atoms with van der Waals surface area (Å²) in [6.45, 7) is 0. The molecule has 1 atom stereocenters. The van der Waals surface area contributed by atoms with Gasteiger partial charge in [0.1, 0.15) is 0 Å². The summed E-state index contributed by atoms with van der Waals surface area (Å²) in [5.41, 5.74) is 0. The normalized spacial score (nSPS) is 8.57. The molecule has 0 rings (SSSR count). The summed E-state index contributed by atoms with van der Waals surface area (Å²) in [6, 6.07) is 0. The van der Waals surface area contributed by atoms with E-state index in [-0.39, 0.29) is 58.8 Å². The third kappa shape index (κ3) is 69.8. The molecule has 0 amide bonds. The van der Waals surface area contributed by atoms with E-state index in [4.69, 9.17) is 19.2 Å². The van der Waals surface area contributed by atoms with Crippen LogP contribution >= 0.6 is 9.90 Å². The van der Waals surface area contributed by atoms with Crippen molar-refractivity contribution in [1.82, 2.24) is 0 Å². The minimum atomic E-state index is -4.61. The first-order chi connectivity index (χ1) is 2.00. The van der Waals surface area contributed by atoms with Crippen molar-refractivity contribution in [2.75, 3.05) is 0 Å². The van der Waals surface area contributed by atoms with E-state index in [0.29, 0.717) is 0 Å². The van der Waals surface area contributed by atoms with Crippen LogP contribution in [0.15, 0.2) is 0 Å². The second kappa shape index (κ2) is 6.18. The molecular weight excluding hydrogens is 260 g/mol. The molecule has 7 heavy (non-hydrogen) atoms. The van der Waals surface area contributed by atoms with Gasteiger partial charge >= 0.3 is 57.9 Å². The molecule has 0 heterocycles. The Morgan fingerprint density at radius 1 is 0.857 bits per heavy atom. The topological polar surface area (TPSA) is 80.9 Å². The van der Waals surface area contributed by atoms with E-state index >= 15 is 0 Å². The first-order valence-electron chi connectivity index (χ1n) is 0.894. The van der Waals surface area contributed by atoms with Crippen molar-refractivity contribution in [3.63, 3.8) is 0 Å². The molecule has 4 nitrogen and oxygen atoms in total. The molecule has 0 aliphatic heterocycles. The Morgan fingerprint density at radius 3 is 0.857 bits per heavy atom. The summed E-state index contributed by atoms with van der Waals surface area (Å²) in [6.07, 6.45) is 0. The van der Waals surface area contributed by atoms with Gasteiger partial charge in [0, 0.05) is 0 Å². The van der Waals surface area contributed by atoms with Crippen LogP contribution in [0.4, 0.5) is 0 Å². The Balaban J connectivity index is -0.0000000800. The van der Waals surface area contributed by atoms with E-state index in [1.165, 1.54) is 0 Å². The first-order valence-corrected chi connectivity index (χ1v) is 2.68. The molecular formula is H9BaO4PSi. The fourth-order valence-corrected chi connectivity index (χ4v) is 0. The summed E-state index contributed by atoms with van der Waals surface area (Å²) >= 11 is 0. The van der Waals surface area contributed by atoms with Crippen molar-refractivity contribution in [3.05, 3.63) is 0 Å². The molecule has 0 bridgehead atoms. The summed E-state index contributed by atoms with van der Waals surface area (Å²) in [5, 5.41) is 0. The molecule has 0 saturated heterocycles. The van der Waals surface area contributed by atoms with Crippen molar-refractivity contribution in [3.8, 4) is 0 Å². The van der Waals surface area contributed by atoms with Gasteiger partial charge in [0.15, 0.2) is 0 Å². The van der Waals surface area contributed by atoms with Gasteiger partial charge in [0.05, 0.1) is 0 Å². The van der Waals surface area contributed by atoms with Crippen molar-refractivity contribution in [1.29, 1.82) is 0 Å². The Labute approximate surface area is 85.8 Å². The van der Waals surface area contributed by atoms with Crippen LogP contribution in [0.3, 0.4) is 0 Å². The van der Waals surface area contributed by atoms with Gasteiger partial charge in [-0.05, 0) is 0 Å². The van der Waals surface area contributed by atoms with Gasteiger partial charge in [0.2, 0.25) is 0 Å². The third-order valence-electron chi connectivity index (χ3n) is 0. The molecule has 0 spiro atoms. The molecule has 7 heteroatoms. The Morgan fingerprint density at radius 2 is 0.857 bits per heavy atom. The summed E-state index contributed by atoms with van der Waals surface area (Å²) in [7, 11) is -4.61. The van der Waals surface area contributed by atoms with E-state index in [9.17, 15) is 0 Å². The molecule has 1 unspecified atom stereocenters. The van der Waals surface area contributed by atoms with Crippen LogP contribution in [0.2, 0.25) is 0 Å². The van der Waals surface area contributed by atoms with Crippen molar-refractivity contribution in [2.45, 2.75) is 0 Å². The fraction of sp³-hybridized carbons (Fsp3) is 0. The predicted molar refractivity (Wildman–Crippen MR) is 34.3 cm³/mol. The van der Waals surface area contributed by atoms with Gasteiger partial charge in [-0.25, -0.2) is 0 Å². The maximum atomic E-state index is 7.33. The van der Waals surface area contributed by atoms with Crippen LogP contribution < -0.4 is 0 Å². The Bertz CT molecular complexity index is 27.2. The second-order valence-corrected chi connectivity index (χ2v) is 1.80. The van der Waals surface area contributed by atoms with E-state index in [0.717, 1.165) is 0 Å². The van der Waals surface area contributed by atoms with Crippen molar-refractivity contribution in [2.24, 2.45) is 0 Å². The zero-order valence-corrected chi connectivity index (χ0v) is 5.41. The average molecular weight is 269 g/mol. The number of rotatable bonds is 0. The van der Waals surface area contributed by atoms with Gasteiger partial charge in [-0.15, -0.1) is 0 Å². The minimum absolute atomic E-state index is 0. The van der Waals surface area contributed by atoms with Crippen LogP contribution in [0, 0.1) is 0 Å². The predicted octanol–water partition coefficient (Wildman–Crippen LogP) is -3.47. The Hall–Kier alpha value is 2.06. The standard InChI is InChI=1S/Ba.H4O4Si.H3P.2H/c;1-5(2,3)4;;;/h;1-4H;1H3;;. The van der Waals surface area contributed by atoms with Crippen LogP contribution in [-0.2, 0) is 0 Å². The third-order valence-corrected chi connectivity index (χ3v) is 0. The maximum absolute atomic E-state index is 7.33. The summed E-state index contributed by atoms with van der Waals surface area (Å²) in [5.74, 6) is 0. The Kier molecular flexibility index (Phi) is 14.2. The van der Waals surface area contributed by atoms with Crippen LogP contribution in [-0.4, -0.2) is 77.1 Å². The monoisotopic (exact) mass is 270 g/mol. The van der Waals surface area contributed by atoms with Crippen LogP contribution in [0.25, 0.3) is 0 Å². The van der Waals surface area contributed by atoms with Crippen LogP contribution in [0.5, 0.6) is 0 Å². The molecule has 0 saturated carbocycles. The van der Waals surface area contributed by atoms with Gasteiger partial charge in [0.25, 0.3) is 0 Å². The number of hydrogen-bond donors (Lipinski definition) is 4. The molecule has 0 fully saturated rings. The molecule has 0 aromatic rings. The molecule has 4 N–H and O–H groups in total. The fourth-order valence-electron chi connectivity index (χ4n) is 0. The molecule has 0 radical (unpaired) electrons. The van der Waals surface area contributed by atoms with E-state index in [2.05, 4.69) is 0 Å². The quantitative estimate of drug-likeness (QED) is 0.272. The van der Waals surface area contributed by atoms with E-state index in [1.807, 2.05) is 0 Å². The van der Waals surface area contributed by atoms with Gasteiger partial charge in [-0.3, -0.25) is 0 Å². The number of hydrogen-bond acceptors (Lipinski definition) is 4. The second-order valence-electron chi connectivity index (χ2n) is 0.600. The SMILES string of the molecule is O[Si](O)(O)O.P.[BaH2]. The van der Waals surface area contributed by atoms with Gasteiger partial charge in [-0.2, -0.15) is 9.90 Å². The van der Waals surface area contributed by atoms with E-state index in [1.54, 1.807) is 0 Å². The van der Waals surface area contributed by atoms with Crippen molar-refractivity contribution >= 4 is 67.8 Å². The zero-order valence-electron chi connectivity index (χ0n) is 3.00. The average Bonchev–Trinajstić information content (AvgIpc) is 0.722. The molecule has 0 aromatic heterocycles. The van der Waals surface area contributed by atoms with E-state index < -0.39 is 9.05 Å². The first kappa shape index (κ1) is 16.0. The summed E-state index contributed by atoms with van der Waals surface area (Å²) < 4.78 is 0. The molecule has 0 aliphatic rings. The van der Waals surface area contributed by atoms with Crippen LogP contribution in [0.1, 0.15) is 0 Å². The molecule has 0 aliphatic carbocycles.